The second-order valence-corrected chi connectivity index (χ2v) is 3.84. The van der Waals surface area contributed by atoms with Crippen molar-refractivity contribution in [1.29, 1.82) is 0 Å². The Morgan fingerprint density at radius 2 is 2.17 bits per heavy atom. The van der Waals surface area contributed by atoms with Crippen LogP contribution in [0.4, 0.5) is 5.82 Å². The molecule has 0 aromatic carbocycles. The second kappa shape index (κ2) is 5.00. The van der Waals surface area contributed by atoms with Crippen LogP contribution in [0, 0.1) is 0 Å². The van der Waals surface area contributed by atoms with Gasteiger partial charge in [-0.3, -0.25) is 15.3 Å². The molecule has 1 aliphatic heterocycles. The molecule has 9 heteroatoms. The maximum absolute atomic E-state index is 11.6. The van der Waals surface area contributed by atoms with E-state index in [1.54, 1.807) is 5.48 Å². The highest BCUT2D eigenvalue weighted by molar-refractivity contribution is 5.28. The van der Waals surface area contributed by atoms with Gasteiger partial charge in [-0.1, -0.05) is 0 Å². The first kappa shape index (κ1) is 12.9. The molecule has 9 nitrogen and oxygen atoms in total. The van der Waals surface area contributed by atoms with Crippen molar-refractivity contribution in [3.63, 3.8) is 0 Å². The van der Waals surface area contributed by atoms with Crippen LogP contribution in [-0.2, 0) is 4.74 Å². The fourth-order valence-corrected chi connectivity index (χ4v) is 1.78. The van der Waals surface area contributed by atoms with Crippen molar-refractivity contribution in [3.05, 3.63) is 22.7 Å². The van der Waals surface area contributed by atoms with Crippen LogP contribution < -0.4 is 11.2 Å². The predicted molar refractivity (Wildman–Crippen MR) is 56.9 cm³/mol. The largest absolute Gasteiger partial charge is 0.394 e. The lowest BCUT2D eigenvalue weighted by Crippen LogP contribution is -2.36. The first-order valence-corrected chi connectivity index (χ1v) is 5.20. The van der Waals surface area contributed by atoms with Crippen molar-refractivity contribution in [3.8, 4) is 0 Å². The number of aliphatic hydroxyl groups is 3. The van der Waals surface area contributed by atoms with Crippen molar-refractivity contribution in [2.24, 2.45) is 0 Å². The van der Waals surface area contributed by atoms with Crippen molar-refractivity contribution in [1.82, 2.24) is 9.55 Å². The number of aliphatic hydroxyl groups excluding tert-OH is 3. The van der Waals surface area contributed by atoms with Crippen LogP contribution in [0.3, 0.4) is 0 Å². The van der Waals surface area contributed by atoms with Crippen LogP contribution in [0.15, 0.2) is 17.1 Å². The standard InChI is InChI=1S/C9H13N3O6/c13-3-4-6(14)7(15)8(18-4)12-2-1-5(11-17)10-9(12)16/h1-2,4,6-8,13-15,17H,3H2,(H,10,11,16)/t4?,6-,7-,8-/m1/s1. The first-order valence-electron chi connectivity index (χ1n) is 5.20. The fourth-order valence-electron chi connectivity index (χ4n) is 1.78. The number of nitrogens with one attached hydrogen (secondary N) is 1. The van der Waals surface area contributed by atoms with E-state index in [9.17, 15) is 15.0 Å². The highest BCUT2D eigenvalue weighted by Crippen LogP contribution is 2.27. The second-order valence-electron chi connectivity index (χ2n) is 3.84. The number of anilines is 1. The third-order valence-corrected chi connectivity index (χ3v) is 2.74. The van der Waals surface area contributed by atoms with Gasteiger partial charge in [0.15, 0.2) is 12.0 Å². The number of rotatable bonds is 3. The molecule has 0 saturated carbocycles. The van der Waals surface area contributed by atoms with E-state index < -0.39 is 36.8 Å². The topological polar surface area (TPSA) is 137 Å². The summed E-state index contributed by atoms with van der Waals surface area (Å²) in [6.07, 6.45) is -3.50. The summed E-state index contributed by atoms with van der Waals surface area (Å²) in [5, 5.41) is 36.8. The van der Waals surface area contributed by atoms with E-state index in [0.29, 0.717) is 0 Å². The van der Waals surface area contributed by atoms with Gasteiger partial charge in [0, 0.05) is 6.20 Å². The third-order valence-electron chi connectivity index (χ3n) is 2.74. The number of hydrogen-bond acceptors (Lipinski definition) is 8. The van der Waals surface area contributed by atoms with Crippen molar-refractivity contribution in [2.45, 2.75) is 24.5 Å². The molecule has 0 bridgehead atoms. The van der Waals surface area contributed by atoms with Crippen LogP contribution >= 0.6 is 0 Å². The van der Waals surface area contributed by atoms with Crippen LogP contribution in [0.2, 0.25) is 0 Å². The van der Waals surface area contributed by atoms with Crippen molar-refractivity contribution >= 4 is 5.82 Å². The van der Waals surface area contributed by atoms with E-state index in [0.717, 1.165) is 4.57 Å². The summed E-state index contributed by atoms with van der Waals surface area (Å²) in [7, 11) is 0. The molecule has 1 aliphatic rings. The van der Waals surface area contributed by atoms with E-state index >= 15 is 0 Å². The summed E-state index contributed by atoms with van der Waals surface area (Å²) in [6.45, 7) is -0.479. The fraction of sp³-hybridized carbons (Fsp3) is 0.556. The molecule has 1 saturated heterocycles. The van der Waals surface area contributed by atoms with Gasteiger partial charge in [-0.25, -0.2) is 4.79 Å². The molecule has 0 spiro atoms. The Labute approximate surface area is 101 Å². The summed E-state index contributed by atoms with van der Waals surface area (Å²) in [5.41, 5.74) is 0.934. The molecule has 18 heavy (non-hydrogen) atoms. The minimum Gasteiger partial charge on any atom is -0.394 e. The van der Waals surface area contributed by atoms with Gasteiger partial charge in [0.05, 0.1) is 6.61 Å². The predicted octanol–water partition coefficient (Wildman–Crippen LogP) is -2.34. The van der Waals surface area contributed by atoms with Gasteiger partial charge in [-0.15, -0.1) is 0 Å². The number of nitrogens with zero attached hydrogens (tertiary/aromatic N) is 2. The zero-order valence-corrected chi connectivity index (χ0v) is 9.17. The van der Waals surface area contributed by atoms with Gasteiger partial charge >= 0.3 is 5.69 Å². The Balaban J connectivity index is 2.30. The maximum Gasteiger partial charge on any atom is 0.351 e. The van der Waals surface area contributed by atoms with Gasteiger partial charge in [0.1, 0.15) is 18.3 Å². The monoisotopic (exact) mass is 259 g/mol. The molecular weight excluding hydrogens is 246 g/mol. The normalized spacial score (nSPS) is 31.6. The molecule has 5 N–H and O–H groups in total. The van der Waals surface area contributed by atoms with Crippen molar-refractivity contribution in [2.75, 3.05) is 12.1 Å². The van der Waals surface area contributed by atoms with Gasteiger partial charge in [0.2, 0.25) is 0 Å². The Morgan fingerprint density at radius 1 is 1.44 bits per heavy atom. The SMILES string of the molecule is O=c1nc(NO)ccn1[C@@H]1OC(CO)[C@@H](O)[C@H]1O. The lowest BCUT2D eigenvalue weighted by molar-refractivity contribution is -0.0549. The first-order chi connectivity index (χ1) is 8.58. The summed E-state index contributed by atoms with van der Waals surface area (Å²) in [5.74, 6) is -0.0528. The van der Waals surface area contributed by atoms with Crippen LogP contribution in [0.5, 0.6) is 0 Å². The number of aromatic nitrogens is 2. The van der Waals surface area contributed by atoms with E-state index in [-0.39, 0.29) is 5.82 Å². The lowest BCUT2D eigenvalue weighted by Gasteiger charge is -2.16. The van der Waals surface area contributed by atoms with Crippen LogP contribution in [0.1, 0.15) is 6.23 Å². The molecule has 4 atom stereocenters. The van der Waals surface area contributed by atoms with Gasteiger partial charge < -0.3 is 20.1 Å². The van der Waals surface area contributed by atoms with Gasteiger partial charge in [-0.05, 0) is 6.07 Å². The van der Waals surface area contributed by atoms with E-state index in [1.165, 1.54) is 12.3 Å². The molecule has 0 aliphatic carbocycles. The average Bonchev–Trinajstić information content (AvgIpc) is 2.66. The van der Waals surface area contributed by atoms with E-state index in [4.69, 9.17) is 15.1 Å². The average molecular weight is 259 g/mol. The minimum atomic E-state index is -1.35. The molecule has 2 rings (SSSR count). The summed E-state index contributed by atoms with van der Waals surface area (Å²) < 4.78 is 6.13. The zero-order chi connectivity index (χ0) is 13.3. The minimum absolute atomic E-state index is 0.0528. The third kappa shape index (κ3) is 2.09. The van der Waals surface area contributed by atoms with Gasteiger partial charge in [0.25, 0.3) is 0 Å². The molecule has 1 aromatic heterocycles. The molecule has 100 valence electrons. The number of hydrogen-bond donors (Lipinski definition) is 5. The highest BCUT2D eigenvalue weighted by Gasteiger charge is 2.43. The Kier molecular flexibility index (Phi) is 3.59. The zero-order valence-electron chi connectivity index (χ0n) is 9.17. The Bertz CT molecular complexity index is 478. The van der Waals surface area contributed by atoms with E-state index in [1.807, 2.05) is 0 Å². The van der Waals surface area contributed by atoms with Crippen LogP contribution in [0.25, 0.3) is 0 Å². The molecule has 1 fully saturated rings. The molecule has 1 aromatic rings. The summed E-state index contributed by atoms with van der Waals surface area (Å²) in [6, 6.07) is 1.29. The molecule has 0 radical (unpaired) electrons. The lowest BCUT2D eigenvalue weighted by atomic mass is 10.1. The smallest absolute Gasteiger partial charge is 0.351 e. The highest BCUT2D eigenvalue weighted by atomic mass is 16.6. The molecule has 0 amide bonds. The Morgan fingerprint density at radius 3 is 2.67 bits per heavy atom. The maximum atomic E-state index is 11.6. The van der Waals surface area contributed by atoms with E-state index in [2.05, 4.69) is 4.98 Å². The number of ether oxygens (including phenoxy) is 1. The van der Waals surface area contributed by atoms with Crippen LogP contribution in [-0.4, -0.2) is 55.0 Å². The molecular formula is C9H13N3O6. The quantitative estimate of drug-likeness (QED) is 0.381. The van der Waals surface area contributed by atoms with Gasteiger partial charge in [-0.2, -0.15) is 4.98 Å². The summed E-state index contributed by atoms with van der Waals surface area (Å²) in [4.78, 5) is 15.1. The molecule has 1 unspecified atom stereocenters. The molecule has 2 heterocycles. The summed E-state index contributed by atoms with van der Waals surface area (Å²) >= 11 is 0. The van der Waals surface area contributed by atoms with Crippen molar-refractivity contribution < 1.29 is 25.3 Å². The Hall–Kier alpha value is -1.52.